The van der Waals surface area contributed by atoms with Crippen molar-refractivity contribution in [2.75, 3.05) is 16.8 Å². The molecule has 2 amide bonds. The van der Waals surface area contributed by atoms with Gasteiger partial charge in [0.25, 0.3) is 5.91 Å². The minimum Gasteiger partial charge on any atom is -0.391 e. The normalized spacial score (nSPS) is 11.5. The molecule has 36 heavy (non-hydrogen) atoms. The highest BCUT2D eigenvalue weighted by atomic mass is 35.5. The van der Waals surface area contributed by atoms with E-state index in [0.717, 1.165) is 0 Å². The molecule has 0 saturated heterocycles. The standard InChI is InChI=1S/C22H20Cl2F3N5O3S/c1-4-36(5-2)31-20(33)14-10-13(23)9-12(3)18(14)29-21(34)35-17-11-16(22(25,26)27)30-32(17)19-15(24)7-6-8-28-19/h6-11H,4-5H2,1-3H3,(H,29,34). The molecule has 192 valence electrons. The minimum atomic E-state index is -4.83. The van der Waals surface area contributed by atoms with Gasteiger partial charge in [0.05, 0.1) is 16.3 Å². The van der Waals surface area contributed by atoms with Crippen molar-refractivity contribution in [2.45, 2.75) is 26.9 Å². The van der Waals surface area contributed by atoms with Crippen LogP contribution in [0.5, 0.6) is 5.88 Å². The van der Waals surface area contributed by atoms with E-state index in [1.807, 2.05) is 13.8 Å². The van der Waals surface area contributed by atoms with E-state index in [9.17, 15) is 22.8 Å². The van der Waals surface area contributed by atoms with E-state index >= 15 is 0 Å². The van der Waals surface area contributed by atoms with Gasteiger partial charge < -0.3 is 4.74 Å². The van der Waals surface area contributed by atoms with Crippen LogP contribution in [0.25, 0.3) is 5.82 Å². The van der Waals surface area contributed by atoms with E-state index in [1.165, 1.54) is 30.5 Å². The lowest BCUT2D eigenvalue weighted by atomic mass is 10.1. The zero-order valence-corrected chi connectivity index (χ0v) is 21.5. The number of halogens is 5. The first-order valence-electron chi connectivity index (χ1n) is 10.4. The average Bonchev–Trinajstić information content (AvgIpc) is 3.23. The quantitative estimate of drug-likeness (QED) is 0.370. The Bertz CT molecular complexity index is 1340. The zero-order valence-electron chi connectivity index (χ0n) is 19.2. The second kappa shape index (κ2) is 11.4. The smallest absolute Gasteiger partial charge is 0.391 e. The van der Waals surface area contributed by atoms with Crippen LogP contribution in [0.2, 0.25) is 10.0 Å². The molecule has 1 aromatic carbocycles. The van der Waals surface area contributed by atoms with Gasteiger partial charge in [0.1, 0.15) is 0 Å². The lowest BCUT2D eigenvalue weighted by Crippen LogP contribution is -2.21. The molecular weight excluding hydrogens is 542 g/mol. The van der Waals surface area contributed by atoms with Crippen molar-refractivity contribution in [1.29, 1.82) is 0 Å². The maximum Gasteiger partial charge on any atom is 0.435 e. The van der Waals surface area contributed by atoms with Crippen LogP contribution in [0.1, 0.15) is 35.5 Å². The van der Waals surface area contributed by atoms with Crippen molar-refractivity contribution in [2.24, 2.45) is 4.36 Å². The zero-order chi connectivity index (χ0) is 26.6. The molecule has 0 fully saturated rings. The molecule has 2 aromatic heterocycles. The molecule has 2 heterocycles. The van der Waals surface area contributed by atoms with Crippen molar-refractivity contribution < 1.29 is 27.5 Å². The van der Waals surface area contributed by atoms with Crippen LogP contribution in [-0.4, -0.2) is 38.3 Å². The lowest BCUT2D eigenvalue weighted by molar-refractivity contribution is -0.141. The van der Waals surface area contributed by atoms with Gasteiger partial charge in [-0.15, -0.1) is 0 Å². The number of rotatable bonds is 6. The number of carbonyl (C=O) groups excluding carboxylic acids is 2. The van der Waals surface area contributed by atoms with Gasteiger partial charge in [-0.05, 0) is 36.8 Å². The summed E-state index contributed by atoms with van der Waals surface area (Å²) < 4.78 is 50.0. The number of nitrogens with zero attached hydrogens (tertiary/aromatic N) is 4. The number of amides is 2. The van der Waals surface area contributed by atoms with Crippen LogP contribution >= 0.6 is 23.2 Å². The number of anilines is 1. The molecule has 3 aromatic rings. The van der Waals surface area contributed by atoms with Gasteiger partial charge in [0.2, 0.25) is 5.88 Å². The Morgan fingerprint density at radius 3 is 2.50 bits per heavy atom. The van der Waals surface area contributed by atoms with Crippen molar-refractivity contribution in [3.05, 3.63) is 63.4 Å². The molecular formula is C22H20Cl2F3N5O3S. The number of hydrogen-bond acceptors (Lipinski definition) is 5. The molecule has 0 unspecified atom stereocenters. The van der Waals surface area contributed by atoms with Gasteiger partial charge >= 0.3 is 12.3 Å². The molecule has 14 heteroatoms. The molecule has 0 aliphatic carbocycles. The molecule has 0 spiro atoms. The van der Waals surface area contributed by atoms with Gasteiger partial charge in [-0.3, -0.25) is 10.1 Å². The Labute approximate surface area is 216 Å². The summed E-state index contributed by atoms with van der Waals surface area (Å²) in [7, 11) is -0.516. The maximum atomic E-state index is 13.3. The van der Waals surface area contributed by atoms with Crippen molar-refractivity contribution in [1.82, 2.24) is 14.8 Å². The van der Waals surface area contributed by atoms with Crippen molar-refractivity contribution >= 4 is 51.6 Å². The Balaban J connectivity index is 1.98. The number of nitrogens with one attached hydrogen (secondary N) is 1. The van der Waals surface area contributed by atoms with E-state index in [0.29, 0.717) is 27.8 Å². The SMILES string of the molecule is CCS(CC)=NC(=O)c1cc(Cl)cc(C)c1NC(=O)Oc1cc(C(F)(F)F)nn1-c1ncccc1Cl. The molecule has 0 atom stereocenters. The van der Waals surface area contributed by atoms with Crippen LogP contribution in [-0.2, 0) is 16.9 Å². The number of pyridine rings is 1. The van der Waals surface area contributed by atoms with Gasteiger partial charge in [-0.1, -0.05) is 47.7 Å². The Hall–Kier alpha value is -2.96. The fourth-order valence-electron chi connectivity index (χ4n) is 3.06. The summed E-state index contributed by atoms with van der Waals surface area (Å²) >= 11 is 12.2. The molecule has 0 radical (unpaired) electrons. The molecule has 0 saturated carbocycles. The third-order valence-corrected chi connectivity index (χ3v) is 7.01. The summed E-state index contributed by atoms with van der Waals surface area (Å²) in [6.45, 7) is 5.39. The van der Waals surface area contributed by atoms with Gasteiger partial charge in [0.15, 0.2) is 11.5 Å². The Morgan fingerprint density at radius 2 is 1.89 bits per heavy atom. The Kier molecular flexibility index (Phi) is 8.75. The number of ether oxygens (including phenoxy) is 1. The highest BCUT2D eigenvalue weighted by Crippen LogP contribution is 2.33. The van der Waals surface area contributed by atoms with E-state index in [-0.39, 0.29) is 27.1 Å². The largest absolute Gasteiger partial charge is 0.435 e. The van der Waals surface area contributed by atoms with Crippen LogP contribution in [0.15, 0.2) is 40.9 Å². The molecule has 1 N–H and O–H groups in total. The summed E-state index contributed by atoms with van der Waals surface area (Å²) in [6, 6.07) is 6.26. The second-order valence-corrected chi connectivity index (χ2v) is 10.3. The highest BCUT2D eigenvalue weighted by molar-refractivity contribution is 7.87. The number of aromatic nitrogens is 3. The third kappa shape index (κ3) is 6.42. The molecule has 0 aliphatic rings. The number of alkyl halides is 3. The van der Waals surface area contributed by atoms with Crippen molar-refractivity contribution in [3.8, 4) is 11.7 Å². The first-order valence-corrected chi connectivity index (χ1v) is 12.7. The average molecular weight is 562 g/mol. The minimum absolute atomic E-state index is 0.0219. The highest BCUT2D eigenvalue weighted by Gasteiger charge is 2.36. The van der Waals surface area contributed by atoms with Crippen molar-refractivity contribution in [3.63, 3.8) is 0 Å². The van der Waals surface area contributed by atoms with Gasteiger partial charge in [-0.2, -0.15) is 27.3 Å². The summed E-state index contributed by atoms with van der Waals surface area (Å²) in [5.74, 6) is -0.0424. The number of benzene rings is 1. The lowest BCUT2D eigenvalue weighted by Gasteiger charge is -2.14. The summed E-state index contributed by atoms with van der Waals surface area (Å²) in [5, 5.41) is 6.09. The molecule has 3 rings (SSSR count). The number of aryl methyl sites for hydroxylation is 1. The van der Waals surface area contributed by atoms with Crippen LogP contribution in [0.3, 0.4) is 0 Å². The number of hydrogen-bond donors (Lipinski definition) is 1. The Morgan fingerprint density at radius 1 is 1.19 bits per heavy atom. The summed E-state index contributed by atoms with van der Waals surface area (Å²) in [5.41, 5.74) is -0.820. The van der Waals surface area contributed by atoms with Crippen LogP contribution in [0.4, 0.5) is 23.7 Å². The third-order valence-electron chi connectivity index (χ3n) is 4.74. The summed E-state index contributed by atoms with van der Waals surface area (Å²) in [6.07, 6.45) is -4.72. The molecule has 0 bridgehead atoms. The van der Waals surface area contributed by atoms with E-state index in [1.54, 1.807) is 6.92 Å². The predicted octanol–water partition coefficient (Wildman–Crippen LogP) is 6.49. The van der Waals surface area contributed by atoms with Gasteiger partial charge in [-0.25, -0.2) is 9.78 Å². The molecule has 0 aliphatic heterocycles. The topological polar surface area (TPSA) is 98.5 Å². The van der Waals surface area contributed by atoms with E-state index < -0.39 is 40.4 Å². The van der Waals surface area contributed by atoms with E-state index in [2.05, 4.69) is 19.8 Å². The second-order valence-electron chi connectivity index (χ2n) is 7.18. The fraction of sp³-hybridized carbons (Fsp3) is 0.273. The maximum absolute atomic E-state index is 13.3. The van der Waals surface area contributed by atoms with Gasteiger partial charge in [0, 0.05) is 28.8 Å². The molecule has 8 nitrogen and oxygen atoms in total. The summed E-state index contributed by atoms with van der Waals surface area (Å²) in [4.78, 5) is 29.5. The van der Waals surface area contributed by atoms with Crippen LogP contribution < -0.4 is 10.1 Å². The predicted molar refractivity (Wildman–Crippen MR) is 132 cm³/mol. The first kappa shape index (κ1) is 27.6. The van der Waals surface area contributed by atoms with E-state index in [4.69, 9.17) is 27.9 Å². The monoisotopic (exact) mass is 561 g/mol. The number of carbonyl (C=O) groups is 2. The van der Waals surface area contributed by atoms with Crippen LogP contribution in [0, 0.1) is 6.92 Å². The fourth-order valence-corrected chi connectivity index (χ4v) is 4.53. The first-order chi connectivity index (χ1) is 16.9.